The van der Waals surface area contributed by atoms with Crippen molar-refractivity contribution in [2.45, 2.75) is 25.1 Å². The van der Waals surface area contributed by atoms with Crippen LogP contribution in [0, 0.1) is 0 Å². The maximum absolute atomic E-state index is 12.6. The number of carboxylic acid groups (broad SMARTS) is 1. The van der Waals surface area contributed by atoms with Crippen molar-refractivity contribution in [3.8, 4) is 0 Å². The lowest BCUT2D eigenvalue weighted by Crippen LogP contribution is -2.53. The van der Waals surface area contributed by atoms with E-state index in [0.717, 1.165) is 11.1 Å². The first-order valence-electron chi connectivity index (χ1n) is 8.64. The first-order chi connectivity index (χ1) is 13.5. The maximum Gasteiger partial charge on any atom is 0.408 e. The number of hydrogen-bond donors (Lipinski definition) is 4. The van der Waals surface area contributed by atoms with Crippen LogP contribution in [0.4, 0.5) is 4.79 Å². The van der Waals surface area contributed by atoms with Crippen molar-refractivity contribution < 1.29 is 24.2 Å². The Labute approximate surface area is 168 Å². The lowest BCUT2D eigenvalue weighted by Gasteiger charge is -2.20. The van der Waals surface area contributed by atoms with Crippen LogP contribution in [0.1, 0.15) is 11.1 Å². The summed E-state index contributed by atoms with van der Waals surface area (Å²) < 4.78 is 5.16. The molecule has 0 bridgehead atoms. The zero-order valence-electron chi connectivity index (χ0n) is 15.1. The van der Waals surface area contributed by atoms with E-state index in [1.165, 1.54) is 0 Å². The summed E-state index contributed by atoms with van der Waals surface area (Å²) in [4.78, 5) is 35.9. The van der Waals surface area contributed by atoms with Crippen LogP contribution in [0.3, 0.4) is 0 Å². The lowest BCUT2D eigenvalue weighted by molar-refractivity contribution is -0.141. The summed E-state index contributed by atoms with van der Waals surface area (Å²) in [5.41, 5.74) is 1.62. The van der Waals surface area contributed by atoms with Gasteiger partial charge in [0.1, 0.15) is 18.7 Å². The molecule has 0 saturated carbocycles. The lowest BCUT2D eigenvalue weighted by atomic mass is 10.1. The average molecular weight is 402 g/mol. The Morgan fingerprint density at radius 3 is 2.00 bits per heavy atom. The number of carbonyl (C=O) groups excluding carboxylic acids is 2. The molecule has 3 N–H and O–H groups in total. The molecule has 0 aliphatic heterocycles. The van der Waals surface area contributed by atoms with Gasteiger partial charge < -0.3 is 20.5 Å². The molecule has 28 heavy (non-hydrogen) atoms. The minimum Gasteiger partial charge on any atom is -0.480 e. The fourth-order valence-electron chi connectivity index (χ4n) is 2.42. The highest BCUT2D eigenvalue weighted by Crippen LogP contribution is 2.06. The SMILES string of the molecule is O=C(N[C@H](Cc1ccccc1)C(=O)N[C@H](CS)C(=O)O)OCc1ccccc1. The summed E-state index contributed by atoms with van der Waals surface area (Å²) in [6.07, 6.45) is -0.580. The van der Waals surface area contributed by atoms with Crippen molar-refractivity contribution in [3.05, 3.63) is 71.8 Å². The summed E-state index contributed by atoms with van der Waals surface area (Å²) in [5, 5.41) is 14.0. The molecular formula is C20H22N2O5S. The smallest absolute Gasteiger partial charge is 0.408 e. The molecule has 0 unspecified atom stereocenters. The summed E-state index contributed by atoms with van der Waals surface area (Å²) in [5.74, 6) is -1.90. The summed E-state index contributed by atoms with van der Waals surface area (Å²) in [6.45, 7) is 0.0563. The summed E-state index contributed by atoms with van der Waals surface area (Å²) in [7, 11) is 0. The number of carbonyl (C=O) groups is 3. The minimum absolute atomic E-state index is 0.0563. The van der Waals surface area contributed by atoms with E-state index in [9.17, 15) is 14.4 Å². The van der Waals surface area contributed by atoms with Crippen LogP contribution in [0.2, 0.25) is 0 Å². The normalized spacial score (nSPS) is 12.5. The number of benzene rings is 2. The molecule has 148 valence electrons. The van der Waals surface area contributed by atoms with Gasteiger partial charge >= 0.3 is 12.1 Å². The van der Waals surface area contributed by atoms with Gasteiger partial charge in [-0.15, -0.1) is 0 Å². The van der Waals surface area contributed by atoms with Crippen molar-refractivity contribution in [2.24, 2.45) is 0 Å². The van der Waals surface area contributed by atoms with Gasteiger partial charge in [-0.05, 0) is 11.1 Å². The molecule has 0 heterocycles. The predicted molar refractivity (Wildman–Crippen MR) is 107 cm³/mol. The maximum atomic E-state index is 12.6. The van der Waals surface area contributed by atoms with Crippen molar-refractivity contribution >= 4 is 30.6 Å². The Kier molecular flexibility index (Phi) is 8.36. The minimum atomic E-state index is -1.20. The molecule has 2 aromatic carbocycles. The highest BCUT2D eigenvalue weighted by atomic mass is 32.1. The van der Waals surface area contributed by atoms with Crippen LogP contribution in [-0.2, 0) is 27.4 Å². The number of nitrogens with one attached hydrogen (secondary N) is 2. The van der Waals surface area contributed by atoms with Gasteiger partial charge in [0.05, 0.1) is 0 Å². The van der Waals surface area contributed by atoms with Crippen molar-refractivity contribution in [3.63, 3.8) is 0 Å². The molecule has 0 fully saturated rings. The number of amides is 2. The molecule has 0 spiro atoms. The third-order valence-electron chi connectivity index (χ3n) is 3.90. The molecule has 2 atom stereocenters. The van der Waals surface area contributed by atoms with Gasteiger partial charge in [-0.2, -0.15) is 12.6 Å². The monoisotopic (exact) mass is 402 g/mol. The van der Waals surface area contributed by atoms with Gasteiger partial charge in [0.2, 0.25) is 5.91 Å². The fraction of sp³-hybridized carbons (Fsp3) is 0.250. The van der Waals surface area contributed by atoms with Crippen LogP contribution < -0.4 is 10.6 Å². The fourth-order valence-corrected chi connectivity index (χ4v) is 2.67. The van der Waals surface area contributed by atoms with Crippen LogP contribution in [0.5, 0.6) is 0 Å². The van der Waals surface area contributed by atoms with Gasteiger partial charge in [0, 0.05) is 12.2 Å². The molecule has 0 aliphatic carbocycles. The number of alkyl carbamates (subject to hydrolysis) is 1. The van der Waals surface area contributed by atoms with Gasteiger partial charge in [0.25, 0.3) is 0 Å². The largest absolute Gasteiger partial charge is 0.480 e. The van der Waals surface area contributed by atoms with Crippen molar-refractivity contribution in [1.82, 2.24) is 10.6 Å². The second kappa shape index (κ2) is 11.0. The van der Waals surface area contributed by atoms with E-state index >= 15 is 0 Å². The molecule has 0 radical (unpaired) electrons. The van der Waals surface area contributed by atoms with Crippen molar-refractivity contribution in [2.75, 3.05) is 5.75 Å². The molecule has 0 aromatic heterocycles. The van der Waals surface area contributed by atoms with Gasteiger partial charge in [-0.1, -0.05) is 60.7 Å². The number of ether oxygens (including phenoxy) is 1. The summed E-state index contributed by atoms with van der Waals surface area (Å²) in [6, 6.07) is 16.1. The highest BCUT2D eigenvalue weighted by Gasteiger charge is 2.26. The molecule has 2 rings (SSSR count). The van der Waals surface area contributed by atoms with E-state index in [0.29, 0.717) is 0 Å². The molecule has 7 nitrogen and oxygen atoms in total. The number of rotatable bonds is 9. The van der Waals surface area contributed by atoms with E-state index in [4.69, 9.17) is 9.84 Å². The first-order valence-corrected chi connectivity index (χ1v) is 9.28. The van der Waals surface area contributed by atoms with Crippen LogP contribution in [0.25, 0.3) is 0 Å². The zero-order valence-corrected chi connectivity index (χ0v) is 16.0. The third-order valence-corrected chi connectivity index (χ3v) is 4.27. The van der Waals surface area contributed by atoms with Crippen LogP contribution in [0.15, 0.2) is 60.7 Å². The van der Waals surface area contributed by atoms with Gasteiger partial charge in [-0.3, -0.25) is 4.79 Å². The highest BCUT2D eigenvalue weighted by molar-refractivity contribution is 7.80. The Morgan fingerprint density at radius 2 is 1.46 bits per heavy atom. The van der Waals surface area contributed by atoms with E-state index in [1.807, 2.05) is 60.7 Å². The Balaban J connectivity index is 2.03. The van der Waals surface area contributed by atoms with E-state index in [2.05, 4.69) is 23.3 Å². The Hall–Kier alpha value is -3.00. The molecule has 2 aromatic rings. The molecule has 2 amide bonds. The molecular weight excluding hydrogens is 380 g/mol. The number of carboxylic acids is 1. The van der Waals surface area contributed by atoms with E-state index in [1.54, 1.807) is 0 Å². The number of thiol groups is 1. The second-order valence-corrected chi connectivity index (χ2v) is 6.40. The topological polar surface area (TPSA) is 105 Å². The summed E-state index contributed by atoms with van der Waals surface area (Å²) >= 11 is 3.93. The van der Waals surface area contributed by atoms with E-state index in [-0.39, 0.29) is 18.8 Å². The average Bonchev–Trinajstić information content (AvgIpc) is 2.71. The zero-order chi connectivity index (χ0) is 20.4. The quantitative estimate of drug-likeness (QED) is 0.481. The third kappa shape index (κ3) is 6.96. The first kappa shape index (κ1) is 21.3. The Bertz CT molecular complexity index is 786. The molecule has 8 heteroatoms. The molecule has 0 aliphatic rings. The standard InChI is InChI=1S/C20H22N2O5S/c23-18(21-17(13-28)19(24)25)16(11-14-7-3-1-4-8-14)22-20(26)27-12-15-9-5-2-6-10-15/h1-10,16-17,28H,11-13H2,(H,21,23)(H,22,26)(H,24,25)/t16-,17-/m1/s1. The van der Waals surface area contributed by atoms with Gasteiger partial charge in [-0.25, -0.2) is 9.59 Å². The number of hydrogen-bond acceptors (Lipinski definition) is 5. The van der Waals surface area contributed by atoms with E-state index < -0.39 is 30.1 Å². The van der Waals surface area contributed by atoms with Crippen LogP contribution in [-0.4, -0.2) is 40.9 Å². The predicted octanol–water partition coefficient (Wildman–Crippen LogP) is 2.02. The second-order valence-electron chi connectivity index (χ2n) is 6.03. The number of aliphatic carboxylic acids is 1. The molecule has 0 saturated heterocycles. The van der Waals surface area contributed by atoms with Crippen molar-refractivity contribution in [1.29, 1.82) is 0 Å². The van der Waals surface area contributed by atoms with Gasteiger partial charge in [0.15, 0.2) is 0 Å². The Morgan fingerprint density at radius 1 is 0.893 bits per heavy atom. The van der Waals surface area contributed by atoms with Crippen LogP contribution >= 0.6 is 12.6 Å².